The molecule has 0 bridgehead atoms. The Hall–Kier alpha value is -3.00. The van der Waals surface area contributed by atoms with Gasteiger partial charge in [0.1, 0.15) is 5.75 Å². The van der Waals surface area contributed by atoms with Crippen molar-refractivity contribution in [1.29, 1.82) is 5.26 Å². The maximum absolute atomic E-state index is 12.6. The van der Waals surface area contributed by atoms with Gasteiger partial charge in [-0.05, 0) is 35.9 Å². The van der Waals surface area contributed by atoms with E-state index in [1.165, 1.54) is 0 Å². The second-order valence-corrected chi connectivity index (χ2v) is 6.01. The fourth-order valence-electron chi connectivity index (χ4n) is 3.02. The number of anilines is 1. The molecule has 2 aromatic rings. The highest BCUT2D eigenvalue weighted by molar-refractivity contribution is 5.94. The van der Waals surface area contributed by atoms with E-state index >= 15 is 0 Å². The zero-order chi connectivity index (χ0) is 17.6. The van der Waals surface area contributed by atoms with Crippen LogP contribution >= 0.6 is 0 Å². The van der Waals surface area contributed by atoms with Gasteiger partial charge < -0.3 is 14.5 Å². The summed E-state index contributed by atoms with van der Waals surface area (Å²) < 4.78 is 5.20. The number of rotatable bonds is 4. The first-order valence-corrected chi connectivity index (χ1v) is 8.35. The zero-order valence-corrected chi connectivity index (χ0v) is 14.3. The van der Waals surface area contributed by atoms with E-state index in [0.717, 1.165) is 24.3 Å². The van der Waals surface area contributed by atoms with Crippen molar-refractivity contribution in [2.24, 2.45) is 0 Å². The number of carbonyl (C=O) groups is 1. The van der Waals surface area contributed by atoms with Gasteiger partial charge in [0.15, 0.2) is 0 Å². The van der Waals surface area contributed by atoms with Crippen LogP contribution in [0.1, 0.15) is 15.9 Å². The summed E-state index contributed by atoms with van der Waals surface area (Å²) in [7, 11) is 1.60. The van der Waals surface area contributed by atoms with Crippen molar-refractivity contribution in [1.82, 2.24) is 4.90 Å². The van der Waals surface area contributed by atoms with Gasteiger partial charge in [-0.3, -0.25) is 4.79 Å². The van der Waals surface area contributed by atoms with Crippen LogP contribution in [-0.4, -0.2) is 44.1 Å². The number of benzene rings is 2. The molecule has 0 atom stereocenters. The molecule has 0 aromatic heterocycles. The van der Waals surface area contributed by atoms with E-state index < -0.39 is 0 Å². The molecule has 0 aliphatic carbocycles. The first-order chi connectivity index (χ1) is 12.2. The maximum atomic E-state index is 12.6. The molecule has 2 aromatic carbocycles. The Balaban J connectivity index is 1.61. The lowest BCUT2D eigenvalue weighted by atomic mass is 10.1. The number of carbonyl (C=O) groups excluding carboxylic acids is 1. The van der Waals surface area contributed by atoms with Gasteiger partial charge in [-0.2, -0.15) is 5.26 Å². The van der Waals surface area contributed by atoms with Crippen LogP contribution in [0.3, 0.4) is 0 Å². The smallest absolute Gasteiger partial charge is 0.254 e. The van der Waals surface area contributed by atoms with Crippen LogP contribution in [0.4, 0.5) is 5.69 Å². The van der Waals surface area contributed by atoms with Gasteiger partial charge in [0.05, 0.1) is 19.6 Å². The number of ether oxygens (including phenoxy) is 1. The summed E-state index contributed by atoms with van der Waals surface area (Å²) in [5.41, 5.74) is 2.82. The van der Waals surface area contributed by atoms with Gasteiger partial charge in [-0.15, -0.1) is 0 Å². The molecule has 0 saturated carbocycles. The van der Waals surface area contributed by atoms with E-state index in [2.05, 4.69) is 11.0 Å². The lowest BCUT2D eigenvalue weighted by Gasteiger charge is -2.36. The topological polar surface area (TPSA) is 56.6 Å². The largest absolute Gasteiger partial charge is 0.497 e. The number of nitrogens with zero attached hydrogens (tertiary/aromatic N) is 3. The number of nitriles is 1. The molecule has 1 aliphatic rings. The molecule has 1 amide bonds. The molecule has 0 spiro atoms. The van der Waals surface area contributed by atoms with Crippen molar-refractivity contribution in [2.45, 2.75) is 6.42 Å². The summed E-state index contributed by atoms with van der Waals surface area (Å²) in [5, 5.41) is 8.74. The fourth-order valence-corrected chi connectivity index (χ4v) is 3.02. The second-order valence-electron chi connectivity index (χ2n) is 6.01. The number of methoxy groups -OCH3 is 1. The van der Waals surface area contributed by atoms with Gasteiger partial charge in [0.2, 0.25) is 0 Å². The second kappa shape index (κ2) is 7.71. The minimum atomic E-state index is 0.0444. The van der Waals surface area contributed by atoms with Gasteiger partial charge in [0, 0.05) is 37.4 Å². The Morgan fingerprint density at radius 3 is 2.48 bits per heavy atom. The van der Waals surface area contributed by atoms with Crippen LogP contribution in [0.15, 0.2) is 48.5 Å². The predicted molar refractivity (Wildman–Crippen MR) is 96.9 cm³/mol. The zero-order valence-electron chi connectivity index (χ0n) is 14.3. The van der Waals surface area contributed by atoms with Gasteiger partial charge in [-0.1, -0.05) is 18.2 Å². The molecule has 25 heavy (non-hydrogen) atoms. The van der Waals surface area contributed by atoms with Gasteiger partial charge >= 0.3 is 0 Å². The summed E-state index contributed by atoms with van der Waals surface area (Å²) in [5.74, 6) is 0.741. The summed E-state index contributed by atoms with van der Waals surface area (Å²) in [6.45, 7) is 2.98. The SMILES string of the molecule is COc1cccc(C(=O)N2CCN(c3ccc(CC#N)cc3)CC2)c1. The van der Waals surface area contributed by atoms with E-state index in [1.807, 2.05) is 47.4 Å². The van der Waals surface area contributed by atoms with E-state index in [0.29, 0.717) is 30.8 Å². The highest BCUT2D eigenvalue weighted by atomic mass is 16.5. The molecule has 5 nitrogen and oxygen atoms in total. The molecule has 0 radical (unpaired) electrons. The van der Waals surface area contributed by atoms with Crippen molar-refractivity contribution in [3.8, 4) is 11.8 Å². The van der Waals surface area contributed by atoms with E-state index in [9.17, 15) is 4.79 Å². The average molecular weight is 335 g/mol. The highest BCUT2D eigenvalue weighted by Crippen LogP contribution is 2.19. The first-order valence-electron chi connectivity index (χ1n) is 8.35. The molecule has 3 rings (SSSR count). The molecular weight excluding hydrogens is 314 g/mol. The molecule has 128 valence electrons. The van der Waals surface area contributed by atoms with Crippen molar-refractivity contribution < 1.29 is 9.53 Å². The Morgan fingerprint density at radius 2 is 1.84 bits per heavy atom. The van der Waals surface area contributed by atoms with Crippen LogP contribution in [0.2, 0.25) is 0 Å². The van der Waals surface area contributed by atoms with Crippen LogP contribution in [0, 0.1) is 11.3 Å². The normalized spacial score (nSPS) is 14.1. The van der Waals surface area contributed by atoms with E-state index in [4.69, 9.17) is 10.00 Å². The standard InChI is InChI=1S/C20H21N3O2/c1-25-19-4-2-3-17(15-19)20(24)23-13-11-22(12-14-23)18-7-5-16(6-8-18)9-10-21/h2-8,15H,9,11-14H2,1H3. The Bertz CT molecular complexity index is 772. The first kappa shape index (κ1) is 16.8. The third-order valence-corrected chi connectivity index (χ3v) is 4.47. The molecule has 0 unspecified atom stereocenters. The fraction of sp³-hybridized carbons (Fsp3) is 0.300. The third-order valence-electron chi connectivity index (χ3n) is 4.47. The van der Waals surface area contributed by atoms with Crippen molar-refractivity contribution in [3.05, 3.63) is 59.7 Å². The van der Waals surface area contributed by atoms with Crippen LogP contribution < -0.4 is 9.64 Å². The van der Waals surface area contributed by atoms with Gasteiger partial charge in [0.25, 0.3) is 5.91 Å². The summed E-state index contributed by atoms with van der Waals surface area (Å²) >= 11 is 0. The molecule has 5 heteroatoms. The maximum Gasteiger partial charge on any atom is 0.254 e. The molecule has 1 saturated heterocycles. The molecule has 1 fully saturated rings. The van der Waals surface area contributed by atoms with Crippen LogP contribution in [0.5, 0.6) is 5.75 Å². The Morgan fingerprint density at radius 1 is 1.12 bits per heavy atom. The number of hydrogen-bond donors (Lipinski definition) is 0. The number of hydrogen-bond acceptors (Lipinski definition) is 4. The molecule has 1 aliphatic heterocycles. The summed E-state index contributed by atoms with van der Waals surface area (Å²) in [4.78, 5) is 16.8. The van der Waals surface area contributed by atoms with Crippen molar-refractivity contribution in [2.75, 3.05) is 38.2 Å². The average Bonchev–Trinajstić information content (AvgIpc) is 2.68. The monoisotopic (exact) mass is 335 g/mol. The quantitative estimate of drug-likeness (QED) is 0.862. The van der Waals surface area contributed by atoms with Crippen molar-refractivity contribution >= 4 is 11.6 Å². The summed E-state index contributed by atoms with van der Waals surface area (Å²) in [6.07, 6.45) is 0.434. The number of amides is 1. The third kappa shape index (κ3) is 3.92. The highest BCUT2D eigenvalue weighted by Gasteiger charge is 2.22. The lowest BCUT2D eigenvalue weighted by Crippen LogP contribution is -2.48. The van der Waals surface area contributed by atoms with E-state index in [-0.39, 0.29) is 5.91 Å². The van der Waals surface area contributed by atoms with Crippen LogP contribution in [0.25, 0.3) is 0 Å². The molecule has 1 heterocycles. The summed E-state index contributed by atoms with van der Waals surface area (Å²) in [6, 6.07) is 17.5. The van der Waals surface area contributed by atoms with E-state index in [1.54, 1.807) is 13.2 Å². The minimum Gasteiger partial charge on any atom is -0.497 e. The Kier molecular flexibility index (Phi) is 5.20. The van der Waals surface area contributed by atoms with Crippen LogP contribution in [-0.2, 0) is 6.42 Å². The minimum absolute atomic E-state index is 0.0444. The molecule has 0 N–H and O–H groups in total. The molecular formula is C20H21N3O2. The number of piperazine rings is 1. The van der Waals surface area contributed by atoms with Gasteiger partial charge in [-0.25, -0.2) is 0 Å². The van der Waals surface area contributed by atoms with Crippen molar-refractivity contribution in [3.63, 3.8) is 0 Å². The Labute approximate surface area is 148 Å². The lowest BCUT2D eigenvalue weighted by molar-refractivity contribution is 0.0746. The predicted octanol–water partition coefficient (Wildman–Crippen LogP) is 2.72.